The molecule has 0 fully saturated rings. The van der Waals surface area contributed by atoms with Crippen molar-refractivity contribution in [2.24, 2.45) is 13.0 Å². The minimum Gasteiger partial charge on any atom is -0.344 e. The molecule has 0 unspecified atom stereocenters. The molecule has 4 aromatic rings. The third kappa shape index (κ3) is 4.59. The standard InChI is InChI=1S/C25H26FN3OS/c1-17(2)12-13-29-24(30)23-22(21(15-28(23)3)19-9-5-4-6-10-19)27-25(29)31-16-18-8-7-11-20(26)14-18/h4-11,14-15,17H,12-13,16H2,1-3H3. The number of hydrogen-bond acceptors (Lipinski definition) is 3. The molecule has 0 aliphatic rings. The van der Waals surface area contributed by atoms with E-state index in [4.69, 9.17) is 4.98 Å². The number of rotatable bonds is 7. The Morgan fingerprint density at radius 2 is 1.87 bits per heavy atom. The molecule has 31 heavy (non-hydrogen) atoms. The Morgan fingerprint density at radius 3 is 2.58 bits per heavy atom. The van der Waals surface area contributed by atoms with E-state index in [1.807, 2.05) is 54.2 Å². The molecular weight excluding hydrogens is 409 g/mol. The van der Waals surface area contributed by atoms with Crippen molar-refractivity contribution in [1.29, 1.82) is 0 Å². The van der Waals surface area contributed by atoms with Crippen molar-refractivity contribution in [3.63, 3.8) is 0 Å². The van der Waals surface area contributed by atoms with E-state index in [-0.39, 0.29) is 11.4 Å². The molecule has 0 saturated carbocycles. The third-order valence-electron chi connectivity index (χ3n) is 5.31. The first kappa shape index (κ1) is 21.4. The molecule has 6 heteroatoms. The smallest absolute Gasteiger partial charge is 0.278 e. The Kier molecular flexibility index (Phi) is 6.28. The van der Waals surface area contributed by atoms with Crippen LogP contribution in [-0.2, 0) is 19.3 Å². The molecule has 2 heterocycles. The highest BCUT2D eigenvalue weighted by Crippen LogP contribution is 2.30. The summed E-state index contributed by atoms with van der Waals surface area (Å²) in [6.45, 7) is 4.90. The summed E-state index contributed by atoms with van der Waals surface area (Å²) in [6.07, 6.45) is 2.86. The van der Waals surface area contributed by atoms with Crippen LogP contribution in [0.2, 0.25) is 0 Å². The lowest BCUT2D eigenvalue weighted by atomic mass is 10.1. The number of aryl methyl sites for hydroxylation is 1. The second-order valence-electron chi connectivity index (χ2n) is 8.17. The zero-order chi connectivity index (χ0) is 22.0. The molecule has 0 saturated heterocycles. The largest absolute Gasteiger partial charge is 0.344 e. The van der Waals surface area contributed by atoms with Crippen LogP contribution in [0.25, 0.3) is 22.2 Å². The van der Waals surface area contributed by atoms with Gasteiger partial charge in [0.2, 0.25) is 0 Å². The zero-order valence-electron chi connectivity index (χ0n) is 18.0. The molecule has 0 bridgehead atoms. The van der Waals surface area contributed by atoms with Gasteiger partial charge in [0, 0.05) is 31.1 Å². The van der Waals surface area contributed by atoms with Gasteiger partial charge in [0.15, 0.2) is 5.16 Å². The molecule has 0 aliphatic carbocycles. The number of hydrogen-bond donors (Lipinski definition) is 0. The van der Waals surface area contributed by atoms with Crippen LogP contribution in [-0.4, -0.2) is 14.1 Å². The lowest BCUT2D eigenvalue weighted by Gasteiger charge is -2.14. The highest BCUT2D eigenvalue weighted by molar-refractivity contribution is 7.98. The summed E-state index contributed by atoms with van der Waals surface area (Å²) in [5.74, 6) is 0.760. The Balaban J connectivity index is 1.82. The van der Waals surface area contributed by atoms with Crippen LogP contribution in [0.15, 0.2) is 70.7 Å². The average molecular weight is 436 g/mol. The summed E-state index contributed by atoms with van der Waals surface area (Å²) in [6, 6.07) is 16.6. The van der Waals surface area contributed by atoms with E-state index in [2.05, 4.69) is 13.8 Å². The summed E-state index contributed by atoms with van der Waals surface area (Å²) in [5.41, 5.74) is 4.13. The van der Waals surface area contributed by atoms with Gasteiger partial charge in [-0.25, -0.2) is 9.37 Å². The summed E-state index contributed by atoms with van der Waals surface area (Å²) < 4.78 is 17.3. The quantitative estimate of drug-likeness (QED) is 0.269. The number of benzene rings is 2. The molecule has 0 radical (unpaired) electrons. The van der Waals surface area contributed by atoms with Crippen molar-refractivity contribution in [3.8, 4) is 11.1 Å². The second-order valence-corrected chi connectivity index (χ2v) is 9.11. The van der Waals surface area contributed by atoms with Crippen LogP contribution in [0.3, 0.4) is 0 Å². The molecule has 2 aromatic carbocycles. The second kappa shape index (κ2) is 9.10. The van der Waals surface area contributed by atoms with Crippen molar-refractivity contribution in [2.75, 3.05) is 0 Å². The lowest BCUT2D eigenvalue weighted by molar-refractivity contribution is 0.480. The van der Waals surface area contributed by atoms with Gasteiger partial charge in [-0.15, -0.1) is 0 Å². The van der Waals surface area contributed by atoms with E-state index >= 15 is 0 Å². The van der Waals surface area contributed by atoms with Crippen LogP contribution in [0.4, 0.5) is 4.39 Å². The number of nitrogens with zero attached hydrogens (tertiary/aromatic N) is 3. The van der Waals surface area contributed by atoms with Gasteiger partial charge in [0.25, 0.3) is 5.56 Å². The van der Waals surface area contributed by atoms with Crippen molar-refractivity contribution >= 4 is 22.8 Å². The fourth-order valence-corrected chi connectivity index (χ4v) is 4.61. The van der Waals surface area contributed by atoms with Crippen molar-refractivity contribution in [1.82, 2.24) is 14.1 Å². The fraction of sp³-hybridized carbons (Fsp3) is 0.280. The third-order valence-corrected chi connectivity index (χ3v) is 6.36. The van der Waals surface area contributed by atoms with Crippen molar-refractivity contribution in [3.05, 3.63) is 82.5 Å². The number of fused-ring (bicyclic) bond motifs is 1. The van der Waals surface area contributed by atoms with Crippen LogP contribution in [0.1, 0.15) is 25.8 Å². The maximum Gasteiger partial charge on any atom is 0.278 e. The first-order chi connectivity index (χ1) is 14.9. The van der Waals surface area contributed by atoms with Gasteiger partial charge >= 0.3 is 0 Å². The highest BCUT2D eigenvalue weighted by Gasteiger charge is 2.19. The Bertz CT molecular complexity index is 1260. The topological polar surface area (TPSA) is 39.8 Å². The van der Waals surface area contributed by atoms with E-state index in [0.29, 0.717) is 34.4 Å². The number of aromatic nitrogens is 3. The number of halogens is 1. The fourth-order valence-electron chi connectivity index (χ4n) is 3.65. The number of thioether (sulfide) groups is 1. The first-order valence-corrected chi connectivity index (χ1v) is 11.4. The van der Waals surface area contributed by atoms with Gasteiger partial charge in [-0.3, -0.25) is 9.36 Å². The highest BCUT2D eigenvalue weighted by atomic mass is 32.2. The van der Waals surface area contributed by atoms with Crippen LogP contribution in [0.5, 0.6) is 0 Å². The summed E-state index contributed by atoms with van der Waals surface area (Å²) in [7, 11) is 1.89. The molecular formula is C25H26FN3OS. The molecule has 0 aliphatic heterocycles. The van der Waals surface area contributed by atoms with Gasteiger partial charge in [-0.2, -0.15) is 0 Å². The molecule has 0 amide bonds. The molecule has 4 nitrogen and oxygen atoms in total. The van der Waals surface area contributed by atoms with Gasteiger partial charge < -0.3 is 4.57 Å². The van der Waals surface area contributed by atoms with Gasteiger partial charge in [0.05, 0.1) is 0 Å². The van der Waals surface area contributed by atoms with E-state index in [9.17, 15) is 9.18 Å². The first-order valence-electron chi connectivity index (χ1n) is 10.5. The van der Waals surface area contributed by atoms with E-state index in [1.54, 1.807) is 10.6 Å². The molecule has 0 atom stereocenters. The van der Waals surface area contributed by atoms with Crippen LogP contribution in [0, 0.1) is 11.7 Å². The summed E-state index contributed by atoms with van der Waals surface area (Å²) in [4.78, 5) is 18.5. The normalized spacial score (nSPS) is 11.5. The minimum atomic E-state index is -0.256. The van der Waals surface area contributed by atoms with Crippen LogP contribution < -0.4 is 5.56 Å². The molecule has 0 N–H and O–H groups in total. The lowest BCUT2D eigenvalue weighted by Crippen LogP contribution is -2.25. The Morgan fingerprint density at radius 1 is 1.10 bits per heavy atom. The van der Waals surface area contributed by atoms with Crippen molar-refractivity contribution in [2.45, 2.75) is 37.7 Å². The zero-order valence-corrected chi connectivity index (χ0v) is 18.8. The molecule has 0 spiro atoms. The van der Waals surface area contributed by atoms with E-state index < -0.39 is 0 Å². The average Bonchev–Trinajstić information content (AvgIpc) is 3.08. The van der Waals surface area contributed by atoms with Gasteiger partial charge in [0.1, 0.15) is 16.9 Å². The summed E-state index contributed by atoms with van der Waals surface area (Å²) >= 11 is 1.48. The van der Waals surface area contributed by atoms with Gasteiger partial charge in [-0.05, 0) is 35.6 Å². The van der Waals surface area contributed by atoms with Crippen molar-refractivity contribution < 1.29 is 4.39 Å². The molecule has 2 aromatic heterocycles. The minimum absolute atomic E-state index is 0.0305. The van der Waals surface area contributed by atoms with E-state index in [1.165, 1.54) is 23.9 Å². The Hall–Kier alpha value is -2.86. The molecule has 4 rings (SSSR count). The predicted octanol–water partition coefficient (Wildman–Crippen LogP) is 5.88. The van der Waals surface area contributed by atoms with E-state index in [0.717, 1.165) is 23.1 Å². The molecule has 160 valence electrons. The monoisotopic (exact) mass is 435 g/mol. The Labute approximate surface area is 185 Å². The maximum absolute atomic E-state index is 13.6. The van der Waals surface area contributed by atoms with Crippen LogP contribution >= 0.6 is 11.8 Å². The summed E-state index contributed by atoms with van der Waals surface area (Å²) in [5, 5.41) is 0.672. The maximum atomic E-state index is 13.6. The SMILES string of the molecule is CC(C)CCn1c(SCc2cccc(F)c2)nc2c(-c3ccccc3)cn(C)c2c1=O. The van der Waals surface area contributed by atoms with Gasteiger partial charge in [-0.1, -0.05) is 68.1 Å². The predicted molar refractivity (Wildman–Crippen MR) is 126 cm³/mol.